The predicted molar refractivity (Wildman–Crippen MR) is 83.4 cm³/mol. The first-order valence-corrected chi connectivity index (χ1v) is 7.61. The van der Waals surface area contributed by atoms with Gasteiger partial charge in [0.1, 0.15) is 11.4 Å². The van der Waals surface area contributed by atoms with Crippen LogP contribution in [-0.2, 0) is 4.74 Å². The summed E-state index contributed by atoms with van der Waals surface area (Å²) in [6, 6.07) is 8.45. The number of hydrogen-bond donors (Lipinski definition) is 0. The first-order chi connectivity index (χ1) is 9.61. The van der Waals surface area contributed by atoms with E-state index in [2.05, 4.69) is 30.8 Å². The van der Waals surface area contributed by atoms with Crippen LogP contribution >= 0.6 is 0 Å². The van der Waals surface area contributed by atoms with E-state index < -0.39 is 0 Å². The summed E-state index contributed by atoms with van der Waals surface area (Å²) in [5, 5.41) is 0. The molecule has 20 heavy (non-hydrogen) atoms. The minimum Gasteiger partial charge on any atom is -0.484 e. The Kier molecular flexibility index (Phi) is 5.24. The second-order valence-corrected chi connectivity index (χ2v) is 6.10. The van der Waals surface area contributed by atoms with Gasteiger partial charge in [0.25, 0.3) is 0 Å². The van der Waals surface area contributed by atoms with Crippen LogP contribution in [0.4, 0.5) is 0 Å². The minimum absolute atomic E-state index is 0.329. The molecule has 0 amide bonds. The van der Waals surface area contributed by atoms with E-state index in [1.165, 1.54) is 31.2 Å². The van der Waals surface area contributed by atoms with Crippen molar-refractivity contribution in [2.45, 2.75) is 51.0 Å². The van der Waals surface area contributed by atoms with Crippen molar-refractivity contribution in [1.29, 1.82) is 0 Å². The molecular weight excluding hydrogens is 248 g/mol. The van der Waals surface area contributed by atoms with E-state index in [1.54, 1.807) is 0 Å². The van der Waals surface area contributed by atoms with Gasteiger partial charge in [0.2, 0.25) is 0 Å². The van der Waals surface area contributed by atoms with Gasteiger partial charge in [0.15, 0.2) is 0 Å². The maximum absolute atomic E-state index is 5.89. The molecule has 0 spiro atoms. The van der Waals surface area contributed by atoms with Crippen LogP contribution in [0.15, 0.2) is 36.9 Å². The molecule has 1 aromatic carbocycles. The van der Waals surface area contributed by atoms with Crippen LogP contribution in [0.5, 0.6) is 5.75 Å². The smallest absolute Gasteiger partial charge is 0.121 e. The lowest BCUT2D eigenvalue weighted by Crippen LogP contribution is -2.24. The van der Waals surface area contributed by atoms with Gasteiger partial charge in [-0.25, -0.2) is 0 Å². The highest BCUT2D eigenvalue weighted by Crippen LogP contribution is 2.27. The molecule has 2 rings (SSSR count). The third-order valence-electron chi connectivity index (χ3n) is 3.88. The van der Waals surface area contributed by atoms with E-state index in [4.69, 9.17) is 9.47 Å². The molecule has 0 N–H and O–H groups in total. The molecule has 2 heteroatoms. The van der Waals surface area contributed by atoms with E-state index in [0.717, 1.165) is 19.0 Å². The molecule has 1 saturated heterocycles. The molecule has 1 aliphatic rings. The molecular formula is C18H26O2. The van der Waals surface area contributed by atoms with Crippen molar-refractivity contribution in [2.24, 2.45) is 0 Å². The molecule has 0 aliphatic carbocycles. The van der Waals surface area contributed by atoms with Crippen molar-refractivity contribution in [3.8, 4) is 5.75 Å². The average molecular weight is 274 g/mol. The summed E-state index contributed by atoms with van der Waals surface area (Å²) in [6.07, 6.45) is 6.83. The van der Waals surface area contributed by atoms with Crippen LogP contribution in [0.25, 0.3) is 0 Å². The van der Waals surface area contributed by atoms with Crippen LogP contribution < -0.4 is 4.74 Å². The van der Waals surface area contributed by atoms with Gasteiger partial charge in [-0.3, -0.25) is 0 Å². The normalized spacial score (nSPS) is 20.8. The van der Waals surface area contributed by atoms with Crippen LogP contribution in [0.1, 0.15) is 51.0 Å². The zero-order valence-corrected chi connectivity index (χ0v) is 12.7. The summed E-state index contributed by atoms with van der Waals surface area (Å²) >= 11 is 0. The van der Waals surface area contributed by atoms with Gasteiger partial charge in [-0.2, -0.15) is 0 Å². The van der Waals surface area contributed by atoms with Crippen molar-refractivity contribution < 1.29 is 9.47 Å². The molecule has 0 radical (unpaired) electrons. The number of ether oxygens (including phenoxy) is 2. The van der Waals surface area contributed by atoms with Crippen molar-refractivity contribution in [2.75, 3.05) is 13.2 Å². The molecule has 0 saturated carbocycles. The molecule has 0 bridgehead atoms. The van der Waals surface area contributed by atoms with Gasteiger partial charge in [-0.15, -0.1) is 0 Å². The SMILES string of the molecule is C=CC(C)(C)Oc1ccc(C2CCCCCOC2)cc1. The number of benzene rings is 1. The second kappa shape index (κ2) is 6.94. The molecule has 1 heterocycles. The fourth-order valence-corrected chi connectivity index (χ4v) is 2.50. The fourth-order valence-electron chi connectivity index (χ4n) is 2.50. The lowest BCUT2D eigenvalue weighted by atomic mass is 9.93. The third kappa shape index (κ3) is 4.38. The summed E-state index contributed by atoms with van der Waals surface area (Å²) in [6.45, 7) is 9.57. The van der Waals surface area contributed by atoms with Crippen LogP contribution in [-0.4, -0.2) is 18.8 Å². The first-order valence-electron chi connectivity index (χ1n) is 7.61. The summed E-state index contributed by atoms with van der Waals surface area (Å²) in [5.74, 6) is 1.42. The van der Waals surface area contributed by atoms with E-state index in [9.17, 15) is 0 Å². The number of rotatable bonds is 4. The molecule has 110 valence electrons. The van der Waals surface area contributed by atoms with E-state index in [-0.39, 0.29) is 5.60 Å². The lowest BCUT2D eigenvalue weighted by Gasteiger charge is -2.24. The van der Waals surface area contributed by atoms with Crippen molar-refractivity contribution in [3.05, 3.63) is 42.5 Å². The Bertz CT molecular complexity index is 412. The van der Waals surface area contributed by atoms with Crippen LogP contribution in [0, 0.1) is 0 Å². The van der Waals surface area contributed by atoms with Crippen molar-refractivity contribution in [3.63, 3.8) is 0 Å². The molecule has 2 nitrogen and oxygen atoms in total. The summed E-state index contributed by atoms with van der Waals surface area (Å²) < 4.78 is 11.6. The summed E-state index contributed by atoms with van der Waals surface area (Å²) in [5.41, 5.74) is 1.03. The Hall–Kier alpha value is -1.28. The third-order valence-corrected chi connectivity index (χ3v) is 3.88. The maximum atomic E-state index is 5.89. The first kappa shape index (κ1) is 15.1. The van der Waals surface area contributed by atoms with Gasteiger partial charge in [-0.1, -0.05) is 31.6 Å². The highest BCUT2D eigenvalue weighted by Gasteiger charge is 2.16. The van der Waals surface area contributed by atoms with Crippen molar-refractivity contribution in [1.82, 2.24) is 0 Å². The Labute approximate surface area is 122 Å². The van der Waals surface area contributed by atoms with Gasteiger partial charge < -0.3 is 9.47 Å². The van der Waals surface area contributed by atoms with E-state index >= 15 is 0 Å². The highest BCUT2D eigenvalue weighted by molar-refractivity contribution is 5.30. The average Bonchev–Trinajstić information content (AvgIpc) is 2.39. The second-order valence-electron chi connectivity index (χ2n) is 6.10. The molecule has 0 aromatic heterocycles. The quantitative estimate of drug-likeness (QED) is 0.741. The minimum atomic E-state index is -0.329. The van der Waals surface area contributed by atoms with Gasteiger partial charge in [-0.05, 0) is 50.5 Å². The molecule has 1 fully saturated rings. The largest absolute Gasteiger partial charge is 0.484 e. The Balaban J connectivity index is 2.01. The van der Waals surface area contributed by atoms with Gasteiger partial charge >= 0.3 is 0 Å². The fraction of sp³-hybridized carbons (Fsp3) is 0.556. The molecule has 1 atom stereocenters. The summed E-state index contributed by atoms with van der Waals surface area (Å²) in [7, 11) is 0. The maximum Gasteiger partial charge on any atom is 0.121 e. The molecule has 1 aromatic rings. The highest BCUT2D eigenvalue weighted by atomic mass is 16.5. The summed E-state index contributed by atoms with van der Waals surface area (Å²) in [4.78, 5) is 0. The zero-order chi connectivity index (χ0) is 14.4. The topological polar surface area (TPSA) is 18.5 Å². The Morgan fingerprint density at radius 1 is 1.20 bits per heavy atom. The Morgan fingerprint density at radius 3 is 2.65 bits per heavy atom. The predicted octanol–water partition coefficient (Wildman–Crippen LogP) is 4.70. The van der Waals surface area contributed by atoms with Crippen molar-refractivity contribution >= 4 is 0 Å². The van der Waals surface area contributed by atoms with Gasteiger partial charge in [0.05, 0.1) is 6.61 Å². The Morgan fingerprint density at radius 2 is 1.95 bits per heavy atom. The van der Waals surface area contributed by atoms with Crippen LogP contribution in [0.3, 0.4) is 0 Å². The standard InChI is InChI=1S/C18H26O2/c1-4-18(2,3)20-17-11-9-15(10-12-17)16-8-6-5-7-13-19-14-16/h4,9-12,16H,1,5-8,13-14H2,2-3H3. The molecule has 1 aliphatic heterocycles. The zero-order valence-electron chi connectivity index (χ0n) is 12.7. The number of hydrogen-bond acceptors (Lipinski definition) is 2. The van der Waals surface area contributed by atoms with Gasteiger partial charge in [0, 0.05) is 12.5 Å². The van der Waals surface area contributed by atoms with Crippen LogP contribution in [0.2, 0.25) is 0 Å². The monoisotopic (exact) mass is 274 g/mol. The lowest BCUT2D eigenvalue weighted by molar-refractivity contribution is 0.103. The van der Waals surface area contributed by atoms with E-state index in [1.807, 2.05) is 19.9 Å². The molecule has 1 unspecified atom stereocenters. The van der Waals surface area contributed by atoms with E-state index in [0.29, 0.717) is 5.92 Å².